The van der Waals surface area contributed by atoms with Gasteiger partial charge in [-0.05, 0) is 24.6 Å². The maximum Gasteiger partial charge on any atom is 0.0881 e. The van der Waals surface area contributed by atoms with Crippen molar-refractivity contribution in [1.29, 1.82) is 0 Å². The highest BCUT2D eigenvalue weighted by Gasteiger charge is 2.06. The number of anilines is 1. The second-order valence-electron chi connectivity index (χ2n) is 4.06. The van der Waals surface area contributed by atoms with Gasteiger partial charge in [-0.3, -0.25) is 4.98 Å². The molecule has 0 bridgehead atoms. The van der Waals surface area contributed by atoms with Gasteiger partial charge < -0.3 is 5.73 Å². The van der Waals surface area contributed by atoms with E-state index >= 15 is 0 Å². The number of hydrogen-bond donors (Lipinski definition) is 1. The Morgan fingerprint density at radius 3 is 2.82 bits per heavy atom. The summed E-state index contributed by atoms with van der Waals surface area (Å²) in [5.41, 5.74) is 8.91. The largest absolute Gasteiger partial charge is 0.396 e. The first-order chi connectivity index (χ1) is 8.25. The van der Waals surface area contributed by atoms with Gasteiger partial charge in [-0.2, -0.15) is 5.10 Å². The third-order valence-corrected chi connectivity index (χ3v) is 2.80. The predicted octanol–water partition coefficient (Wildman–Crippen LogP) is 2.31. The van der Waals surface area contributed by atoms with Crippen LogP contribution in [-0.4, -0.2) is 14.8 Å². The molecule has 0 aliphatic carbocycles. The van der Waals surface area contributed by atoms with Crippen LogP contribution in [0.25, 0.3) is 16.5 Å². The van der Waals surface area contributed by atoms with Crippen molar-refractivity contribution in [2.24, 2.45) is 0 Å². The van der Waals surface area contributed by atoms with E-state index in [9.17, 15) is 0 Å². The zero-order valence-corrected chi connectivity index (χ0v) is 9.46. The highest BCUT2D eigenvalue weighted by molar-refractivity contribution is 5.96. The number of hydrogen-bond acceptors (Lipinski definition) is 3. The molecule has 2 heterocycles. The number of nitrogens with zero attached hydrogens (tertiary/aromatic N) is 3. The van der Waals surface area contributed by atoms with Gasteiger partial charge in [-0.25, -0.2) is 4.68 Å². The Kier molecular flexibility index (Phi) is 2.08. The average Bonchev–Trinajstić information content (AvgIpc) is 2.77. The van der Waals surface area contributed by atoms with Gasteiger partial charge in [-0.1, -0.05) is 6.07 Å². The lowest BCUT2D eigenvalue weighted by atomic mass is 10.1. The third-order valence-electron chi connectivity index (χ3n) is 2.80. The summed E-state index contributed by atoms with van der Waals surface area (Å²) in [5.74, 6) is 0. The maximum absolute atomic E-state index is 6.17. The first-order valence-electron chi connectivity index (χ1n) is 5.39. The minimum atomic E-state index is 0.730. The van der Waals surface area contributed by atoms with Crippen LogP contribution in [0.15, 0.2) is 43.0 Å². The summed E-state index contributed by atoms with van der Waals surface area (Å²) in [4.78, 5) is 4.08. The smallest absolute Gasteiger partial charge is 0.0881 e. The van der Waals surface area contributed by atoms with E-state index in [0.29, 0.717) is 0 Å². The average molecular weight is 224 g/mol. The summed E-state index contributed by atoms with van der Waals surface area (Å²) in [7, 11) is 0. The number of pyridine rings is 1. The number of nitrogens with two attached hydrogens (primary N) is 1. The zero-order valence-electron chi connectivity index (χ0n) is 9.46. The van der Waals surface area contributed by atoms with Crippen molar-refractivity contribution in [3.8, 4) is 5.69 Å². The second kappa shape index (κ2) is 3.59. The Labute approximate surface area is 98.7 Å². The Morgan fingerprint density at radius 1 is 1.18 bits per heavy atom. The van der Waals surface area contributed by atoms with E-state index in [4.69, 9.17) is 5.73 Å². The highest BCUT2D eigenvalue weighted by Crippen LogP contribution is 2.26. The van der Waals surface area contributed by atoms with Crippen LogP contribution in [0.4, 0.5) is 5.69 Å². The van der Waals surface area contributed by atoms with E-state index < -0.39 is 0 Å². The lowest BCUT2D eigenvalue weighted by Crippen LogP contribution is -2.00. The number of rotatable bonds is 1. The molecule has 17 heavy (non-hydrogen) atoms. The molecule has 0 radical (unpaired) electrons. The molecular formula is C13H12N4. The fraction of sp³-hybridized carbons (Fsp3) is 0.0769. The molecular weight excluding hydrogens is 212 g/mol. The summed E-state index contributed by atoms with van der Waals surface area (Å²) < 4.78 is 1.80. The molecule has 3 rings (SSSR count). The minimum absolute atomic E-state index is 0.730. The van der Waals surface area contributed by atoms with Gasteiger partial charge in [-0.15, -0.1) is 0 Å². The molecule has 84 valence electrons. The monoisotopic (exact) mass is 224 g/mol. The molecule has 2 N–H and O–H groups in total. The van der Waals surface area contributed by atoms with Gasteiger partial charge in [0.1, 0.15) is 0 Å². The molecule has 0 amide bonds. The van der Waals surface area contributed by atoms with Crippen LogP contribution in [0.5, 0.6) is 0 Å². The van der Waals surface area contributed by atoms with Crippen molar-refractivity contribution in [2.75, 3.05) is 5.73 Å². The van der Waals surface area contributed by atoms with Crippen LogP contribution in [0.3, 0.4) is 0 Å². The quantitative estimate of drug-likeness (QED) is 0.645. The Balaban J connectivity index is 2.28. The molecule has 0 aliphatic heterocycles. The molecule has 2 aromatic heterocycles. The van der Waals surface area contributed by atoms with E-state index in [1.54, 1.807) is 10.9 Å². The summed E-state index contributed by atoms with van der Waals surface area (Å²) in [6, 6.07) is 5.89. The second-order valence-corrected chi connectivity index (χ2v) is 4.06. The van der Waals surface area contributed by atoms with Crippen molar-refractivity contribution in [2.45, 2.75) is 6.92 Å². The number of fused-ring (bicyclic) bond motifs is 1. The van der Waals surface area contributed by atoms with Crippen LogP contribution in [-0.2, 0) is 0 Å². The molecule has 3 aromatic rings. The predicted molar refractivity (Wildman–Crippen MR) is 68.0 cm³/mol. The molecule has 0 saturated heterocycles. The van der Waals surface area contributed by atoms with Gasteiger partial charge in [0.2, 0.25) is 0 Å². The maximum atomic E-state index is 6.17. The normalized spacial score (nSPS) is 10.9. The fourth-order valence-electron chi connectivity index (χ4n) is 1.93. The molecule has 0 fully saturated rings. The fourth-order valence-corrected chi connectivity index (χ4v) is 1.93. The molecule has 4 heteroatoms. The van der Waals surface area contributed by atoms with E-state index in [0.717, 1.165) is 27.7 Å². The van der Waals surface area contributed by atoms with Crippen LogP contribution in [0.2, 0.25) is 0 Å². The lowest BCUT2D eigenvalue weighted by Gasteiger charge is -2.08. The minimum Gasteiger partial charge on any atom is -0.396 e. The molecule has 0 saturated carbocycles. The van der Waals surface area contributed by atoms with E-state index in [2.05, 4.69) is 10.1 Å². The van der Waals surface area contributed by atoms with Gasteiger partial charge >= 0.3 is 0 Å². The van der Waals surface area contributed by atoms with Crippen molar-refractivity contribution in [3.05, 3.63) is 48.5 Å². The zero-order chi connectivity index (χ0) is 11.8. The van der Waals surface area contributed by atoms with Crippen molar-refractivity contribution >= 4 is 16.5 Å². The van der Waals surface area contributed by atoms with E-state index in [1.165, 1.54) is 0 Å². The molecule has 0 unspecified atom stereocenters. The number of aromatic nitrogens is 3. The van der Waals surface area contributed by atoms with E-state index in [1.807, 2.05) is 43.7 Å². The highest BCUT2D eigenvalue weighted by atomic mass is 15.3. The summed E-state index contributed by atoms with van der Waals surface area (Å²) in [6.45, 7) is 2.00. The number of aryl methyl sites for hydroxylation is 1. The van der Waals surface area contributed by atoms with Crippen LogP contribution >= 0.6 is 0 Å². The summed E-state index contributed by atoms with van der Waals surface area (Å²) >= 11 is 0. The summed E-state index contributed by atoms with van der Waals surface area (Å²) in [5, 5.41) is 6.32. The lowest BCUT2D eigenvalue weighted by molar-refractivity contribution is 0.884. The number of nitrogen functional groups attached to an aromatic ring is 1. The van der Waals surface area contributed by atoms with Crippen LogP contribution in [0, 0.1) is 6.92 Å². The van der Waals surface area contributed by atoms with Gasteiger partial charge in [0.25, 0.3) is 0 Å². The molecule has 4 nitrogen and oxygen atoms in total. The molecule has 0 atom stereocenters. The molecule has 1 aromatic carbocycles. The Bertz CT molecular complexity index is 685. The third kappa shape index (κ3) is 1.54. The molecule has 0 aliphatic rings. The first-order valence-corrected chi connectivity index (χ1v) is 5.39. The van der Waals surface area contributed by atoms with Crippen molar-refractivity contribution < 1.29 is 0 Å². The van der Waals surface area contributed by atoms with Gasteiger partial charge in [0.15, 0.2) is 0 Å². The van der Waals surface area contributed by atoms with E-state index in [-0.39, 0.29) is 0 Å². The molecule has 0 spiro atoms. The van der Waals surface area contributed by atoms with Crippen LogP contribution < -0.4 is 5.73 Å². The van der Waals surface area contributed by atoms with Crippen LogP contribution in [0.1, 0.15) is 5.56 Å². The van der Waals surface area contributed by atoms with Crippen molar-refractivity contribution in [1.82, 2.24) is 14.8 Å². The number of benzene rings is 1. The topological polar surface area (TPSA) is 56.7 Å². The Morgan fingerprint density at radius 2 is 2.06 bits per heavy atom. The Hall–Kier alpha value is -2.36. The van der Waals surface area contributed by atoms with Gasteiger partial charge in [0, 0.05) is 29.4 Å². The standard InChI is InChI=1S/C13H12N4/c1-9-6-16-17(8-9)12-3-2-10-7-15-5-4-11(10)13(12)14/h2-8H,14H2,1H3. The van der Waals surface area contributed by atoms with Gasteiger partial charge in [0.05, 0.1) is 17.6 Å². The summed E-state index contributed by atoms with van der Waals surface area (Å²) in [6.07, 6.45) is 7.33. The van der Waals surface area contributed by atoms with Crippen molar-refractivity contribution in [3.63, 3.8) is 0 Å². The SMILES string of the molecule is Cc1cnn(-c2ccc3cnccc3c2N)c1. The first kappa shape index (κ1) is 9.84.